The molecule has 1 heterocycles. The normalized spacial score (nSPS) is 22.2. The molecule has 0 aromatic heterocycles. The Bertz CT molecular complexity index is 1160. The average molecular weight is 567 g/mol. The molecule has 4 unspecified atom stereocenters. The Morgan fingerprint density at radius 3 is 2.36 bits per heavy atom. The van der Waals surface area contributed by atoms with Crippen molar-refractivity contribution in [2.24, 2.45) is 5.92 Å². The van der Waals surface area contributed by atoms with E-state index in [1.807, 2.05) is 48.5 Å². The Kier molecular flexibility index (Phi) is 9.23. The van der Waals surface area contributed by atoms with E-state index in [4.69, 9.17) is 44.3 Å². The Hall–Kier alpha value is -1.77. The van der Waals surface area contributed by atoms with Gasteiger partial charge in [0.15, 0.2) is 6.29 Å². The van der Waals surface area contributed by atoms with Gasteiger partial charge in [-0.05, 0) is 35.4 Å². The highest BCUT2D eigenvalue weighted by molar-refractivity contribution is 7.99. The van der Waals surface area contributed by atoms with Gasteiger partial charge in [0.05, 0.1) is 18.8 Å². The minimum atomic E-state index is -2.07. The summed E-state index contributed by atoms with van der Waals surface area (Å²) in [6.45, 7) is 2.10. The molecule has 0 aliphatic carbocycles. The van der Waals surface area contributed by atoms with Crippen molar-refractivity contribution in [1.29, 1.82) is 0 Å². The lowest BCUT2D eigenvalue weighted by molar-refractivity contribution is -0.268. The van der Waals surface area contributed by atoms with Crippen LogP contribution in [0.4, 0.5) is 5.69 Å². The van der Waals surface area contributed by atoms with Crippen LogP contribution in [0.2, 0.25) is 0 Å². The third-order valence-electron chi connectivity index (χ3n) is 5.95. The number of carbonyl (C=O) groups excluding carboxylic acids is 1. The zero-order chi connectivity index (χ0) is 25.7. The molecule has 4 rings (SSSR count). The topological polar surface area (TPSA) is 67.8 Å². The molecule has 9 heteroatoms. The molecule has 3 aromatic carbocycles. The van der Waals surface area contributed by atoms with Crippen LogP contribution < -0.4 is 5.32 Å². The maximum Gasteiger partial charge on any atom is 0.276 e. The van der Waals surface area contributed by atoms with Crippen molar-refractivity contribution in [2.45, 2.75) is 40.7 Å². The Morgan fingerprint density at radius 2 is 1.69 bits per heavy atom. The summed E-state index contributed by atoms with van der Waals surface area (Å²) in [6.07, 6.45) is -1.03. The largest absolute Gasteiger partial charge is 0.392 e. The average Bonchev–Trinajstić information content (AvgIpc) is 2.88. The van der Waals surface area contributed by atoms with E-state index in [9.17, 15) is 9.90 Å². The van der Waals surface area contributed by atoms with Crippen LogP contribution in [0, 0.1) is 5.92 Å². The number of aliphatic hydroxyl groups is 1. The number of carbonyl (C=O) groups is 1. The number of benzene rings is 3. The van der Waals surface area contributed by atoms with E-state index < -0.39 is 16.0 Å². The molecule has 1 aliphatic rings. The first-order valence-corrected chi connectivity index (χ1v) is 13.5. The summed E-state index contributed by atoms with van der Waals surface area (Å²) < 4.78 is 10.9. The number of aliphatic hydroxyl groups excluding tert-OH is 1. The SMILES string of the molecule is CC1C(CSc2ccccc2)OC(c2cccc(NC(=O)C(Cl)(Cl)Cl)c2)OC1c1ccc(CO)cc1. The second-order valence-electron chi connectivity index (χ2n) is 8.52. The lowest BCUT2D eigenvalue weighted by Crippen LogP contribution is -2.38. The second kappa shape index (κ2) is 12.2. The zero-order valence-corrected chi connectivity index (χ0v) is 22.5. The molecule has 1 fully saturated rings. The molecule has 36 heavy (non-hydrogen) atoms. The number of hydrogen-bond donors (Lipinski definition) is 2. The fourth-order valence-corrected chi connectivity index (χ4v) is 5.20. The van der Waals surface area contributed by atoms with Crippen molar-refractivity contribution in [1.82, 2.24) is 0 Å². The van der Waals surface area contributed by atoms with Crippen molar-refractivity contribution in [3.63, 3.8) is 0 Å². The highest BCUT2D eigenvalue weighted by Gasteiger charge is 2.38. The Balaban J connectivity index is 1.59. The number of amides is 1. The fourth-order valence-electron chi connectivity index (χ4n) is 3.97. The van der Waals surface area contributed by atoms with E-state index >= 15 is 0 Å². The highest BCUT2D eigenvalue weighted by Crippen LogP contribution is 2.43. The Labute approximate surface area is 230 Å². The molecule has 0 saturated carbocycles. The summed E-state index contributed by atoms with van der Waals surface area (Å²) in [5, 5.41) is 12.0. The van der Waals surface area contributed by atoms with Gasteiger partial charge in [-0.25, -0.2) is 0 Å². The summed E-state index contributed by atoms with van der Waals surface area (Å²) in [5.74, 6) is 0.0485. The minimum absolute atomic E-state index is 0.0177. The number of ether oxygens (including phenoxy) is 2. The van der Waals surface area contributed by atoms with E-state index in [1.54, 1.807) is 30.0 Å². The van der Waals surface area contributed by atoms with Crippen molar-refractivity contribution >= 4 is 58.2 Å². The van der Waals surface area contributed by atoms with Crippen LogP contribution in [0.15, 0.2) is 83.8 Å². The van der Waals surface area contributed by atoms with Crippen LogP contribution in [0.25, 0.3) is 0 Å². The molecule has 1 aliphatic heterocycles. The predicted molar refractivity (Wildman–Crippen MR) is 145 cm³/mol. The Morgan fingerprint density at radius 1 is 0.972 bits per heavy atom. The van der Waals surface area contributed by atoms with E-state index in [2.05, 4.69) is 24.4 Å². The minimum Gasteiger partial charge on any atom is -0.392 e. The first kappa shape index (κ1) is 27.3. The summed E-state index contributed by atoms with van der Waals surface area (Å²) in [4.78, 5) is 13.3. The van der Waals surface area contributed by atoms with Gasteiger partial charge in [-0.15, -0.1) is 11.8 Å². The van der Waals surface area contributed by atoms with Crippen LogP contribution >= 0.6 is 46.6 Å². The summed E-state index contributed by atoms with van der Waals surface area (Å²) >= 11 is 18.8. The molecule has 0 spiro atoms. The molecule has 0 bridgehead atoms. The van der Waals surface area contributed by atoms with Gasteiger partial charge in [0.1, 0.15) is 0 Å². The van der Waals surface area contributed by atoms with Crippen LogP contribution in [-0.2, 0) is 20.9 Å². The third kappa shape index (κ3) is 6.95. The molecule has 4 atom stereocenters. The summed E-state index contributed by atoms with van der Waals surface area (Å²) in [6, 6.07) is 25.1. The van der Waals surface area contributed by atoms with Crippen LogP contribution in [0.5, 0.6) is 0 Å². The molecule has 3 aromatic rings. The monoisotopic (exact) mass is 565 g/mol. The van der Waals surface area contributed by atoms with E-state index in [0.717, 1.165) is 27.3 Å². The van der Waals surface area contributed by atoms with E-state index in [1.165, 1.54) is 0 Å². The number of rotatable bonds is 7. The summed E-state index contributed by atoms with van der Waals surface area (Å²) in [7, 11) is 0. The van der Waals surface area contributed by atoms with Gasteiger partial charge in [-0.2, -0.15) is 0 Å². The van der Waals surface area contributed by atoms with Crippen molar-refractivity contribution in [2.75, 3.05) is 11.1 Å². The number of anilines is 1. The number of thioether (sulfide) groups is 1. The highest BCUT2D eigenvalue weighted by atomic mass is 35.6. The number of alkyl halides is 3. The second-order valence-corrected chi connectivity index (χ2v) is 11.9. The van der Waals surface area contributed by atoms with E-state index in [0.29, 0.717) is 5.69 Å². The van der Waals surface area contributed by atoms with Gasteiger partial charge in [0.2, 0.25) is 0 Å². The van der Waals surface area contributed by atoms with Crippen molar-refractivity contribution in [3.8, 4) is 0 Å². The lowest BCUT2D eigenvalue weighted by Gasteiger charge is -2.41. The van der Waals surface area contributed by atoms with Gasteiger partial charge >= 0.3 is 0 Å². The van der Waals surface area contributed by atoms with Gasteiger partial charge in [-0.1, -0.05) is 96.3 Å². The van der Waals surface area contributed by atoms with E-state index in [-0.39, 0.29) is 24.7 Å². The smallest absolute Gasteiger partial charge is 0.276 e. The molecular formula is C27H26Cl3NO4S. The van der Waals surface area contributed by atoms with Crippen LogP contribution in [0.3, 0.4) is 0 Å². The fraction of sp³-hybridized carbons (Fsp3) is 0.296. The third-order valence-corrected chi connectivity index (χ3v) is 7.57. The first-order chi connectivity index (χ1) is 17.2. The molecular weight excluding hydrogens is 541 g/mol. The first-order valence-electron chi connectivity index (χ1n) is 11.4. The predicted octanol–water partition coefficient (Wildman–Crippen LogP) is 7.07. The quantitative estimate of drug-likeness (QED) is 0.236. The zero-order valence-electron chi connectivity index (χ0n) is 19.4. The van der Waals surface area contributed by atoms with Gasteiger partial charge in [0.25, 0.3) is 9.70 Å². The van der Waals surface area contributed by atoms with Gasteiger partial charge in [0, 0.05) is 27.8 Å². The maximum absolute atomic E-state index is 12.1. The number of nitrogens with one attached hydrogen (secondary N) is 1. The molecule has 0 radical (unpaired) electrons. The molecule has 2 N–H and O–H groups in total. The lowest BCUT2D eigenvalue weighted by atomic mass is 9.91. The molecule has 5 nitrogen and oxygen atoms in total. The number of halogens is 3. The van der Waals surface area contributed by atoms with Gasteiger partial charge < -0.3 is 19.9 Å². The maximum atomic E-state index is 12.1. The van der Waals surface area contributed by atoms with Gasteiger partial charge in [-0.3, -0.25) is 4.79 Å². The van der Waals surface area contributed by atoms with Crippen LogP contribution in [0.1, 0.15) is 36.0 Å². The molecule has 1 amide bonds. The van der Waals surface area contributed by atoms with Crippen molar-refractivity contribution in [3.05, 3.63) is 95.6 Å². The molecule has 1 saturated heterocycles. The number of hydrogen-bond acceptors (Lipinski definition) is 5. The van der Waals surface area contributed by atoms with Crippen molar-refractivity contribution < 1.29 is 19.4 Å². The summed E-state index contributed by atoms with van der Waals surface area (Å²) in [5.41, 5.74) is 3.04. The standard InChI is InChI=1S/C27H26Cl3NO4S/c1-17-23(16-36-22-8-3-2-4-9-22)34-25(35-24(17)19-12-10-18(15-32)11-13-19)20-6-5-7-21(14-20)31-26(33)27(28,29)30/h2-14,17,23-25,32H,15-16H2,1H3,(H,31,33). The van der Waals surface area contributed by atoms with Crippen LogP contribution in [-0.4, -0.2) is 26.7 Å². The molecule has 190 valence electrons.